The van der Waals surface area contributed by atoms with Crippen LogP contribution in [0.25, 0.3) is 22.2 Å². The van der Waals surface area contributed by atoms with Crippen LogP contribution in [0.3, 0.4) is 0 Å². The van der Waals surface area contributed by atoms with Gasteiger partial charge in [-0.15, -0.1) is 6.58 Å². The van der Waals surface area contributed by atoms with E-state index in [1.165, 1.54) is 4.90 Å². The topological polar surface area (TPSA) is 145 Å². The van der Waals surface area contributed by atoms with Crippen molar-refractivity contribution >= 4 is 28.8 Å². The quantitative estimate of drug-likeness (QED) is 0.119. The molecule has 2 aromatic carbocycles. The van der Waals surface area contributed by atoms with Crippen molar-refractivity contribution in [3.8, 4) is 22.8 Å². The molecule has 0 radical (unpaired) electrons. The summed E-state index contributed by atoms with van der Waals surface area (Å²) >= 11 is 0. The second kappa shape index (κ2) is 11.5. The van der Waals surface area contributed by atoms with Gasteiger partial charge in [-0.05, 0) is 25.5 Å². The molecular formula is C30H33N5O6. The maximum Gasteiger partial charge on any atom is 0.332 e. The normalized spacial score (nSPS) is 23.0. The minimum absolute atomic E-state index is 0.0963. The summed E-state index contributed by atoms with van der Waals surface area (Å²) < 4.78 is 17.1. The Morgan fingerprint density at radius 1 is 1.20 bits per heavy atom. The molecule has 2 fully saturated rings. The van der Waals surface area contributed by atoms with Gasteiger partial charge in [0.15, 0.2) is 0 Å². The third kappa shape index (κ3) is 5.40. The minimum Gasteiger partial charge on any atom is -0.497 e. The van der Waals surface area contributed by atoms with E-state index in [4.69, 9.17) is 25.0 Å². The largest absolute Gasteiger partial charge is 0.497 e. The fourth-order valence-corrected chi connectivity index (χ4v) is 5.34. The van der Waals surface area contributed by atoms with E-state index >= 15 is 0 Å². The van der Waals surface area contributed by atoms with E-state index in [1.54, 1.807) is 20.1 Å². The molecule has 4 N–H and O–H groups in total. The van der Waals surface area contributed by atoms with Crippen LogP contribution in [-0.2, 0) is 14.3 Å². The third-order valence-corrected chi connectivity index (χ3v) is 7.58. The Balaban J connectivity index is 1.43. The molecule has 1 aromatic heterocycles. The van der Waals surface area contributed by atoms with Crippen molar-refractivity contribution in [2.75, 3.05) is 20.3 Å². The first-order valence-corrected chi connectivity index (χ1v) is 13.4. The number of carbonyl (C=O) groups excluding carboxylic acids is 3. The number of rotatable bonds is 9. The van der Waals surface area contributed by atoms with Crippen LogP contribution in [0.4, 0.5) is 4.79 Å². The highest BCUT2D eigenvalue weighted by molar-refractivity contribution is 5.95. The molecule has 5 rings (SSSR count). The van der Waals surface area contributed by atoms with Gasteiger partial charge in [-0.1, -0.05) is 36.4 Å². The Bertz CT molecular complexity index is 1480. The Morgan fingerprint density at radius 2 is 1.98 bits per heavy atom. The molecule has 3 aromatic rings. The third-order valence-electron chi connectivity index (χ3n) is 7.58. The number of carbonyl (C=O) groups is 3. The molecule has 11 heteroatoms. The number of aromatic nitrogens is 1. The summed E-state index contributed by atoms with van der Waals surface area (Å²) in [4.78, 5) is 45.1. The molecule has 2 aliphatic rings. The average molecular weight is 560 g/mol. The predicted octanol–water partition coefficient (Wildman–Crippen LogP) is 2.94. The van der Waals surface area contributed by atoms with E-state index in [0.29, 0.717) is 29.1 Å². The van der Waals surface area contributed by atoms with E-state index < -0.39 is 35.6 Å². The lowest BCUT2D eigenvalue weighted by molar-refractivity contribution is -0.149. The lowest BCUT2D eigenvalue weighted by atomic mass is 10.1. The Morgan fingerprint density at radius 3 is 2.63 bits per heavy atom. The summed E-state index contributed by atoms with van der Waals surface area (Å²) in [5.74, 6) is 5.37. The Hall–Kier alpha value is -4.64. The summed E-state index contributed by atoms with van der Waals surface area (Å²) in [5, 5.41) is 3.59. The summed E-state index contributed by atoms with van der Waals surface area (Å²) in [5.41, 5.74) is 3.19. The van der Waals surface area contributed by atoms with Crippen LogP contribution in [0.5, 0.6) is 11.5 Å². The van der Waals surface area contributed by atoms with Crippen molar-refractivity contribution < 1.29 is 28.6 Å². The summed E-state index contributed by atoms with van der Waals surface area (Å²) in [6.07, 6.45) is 1.63. The Kier molecular flexibility index (Phi) is 7.80. The number of hydrogen-bond donors (Lipinski definition) is 3. The highest BCUT2D eigenvalue weighted by atomic mass is 16.5. The monoisotopic (exact) mass is 559 g/mol. The second-order valence-electron chi connectivity index (χ2n) is 10.1. The van der Waals surface area contributed by atoms with Gasteiger partial charge in [0.05, 0.1) is 31.5 Å². The molecule has 11 nitrogen and oxygen atoms in total. The van der Waals surface area contributed by atoms with Gasteiger partial charge < -0.3 is 24.4 Å². The number of likely N-dealkylation sites (tertiary alicyclic amines) is 1. The summed E-state index contributed by atoms with van der Waals surface area (Å²) in [6.45, 7) is 5.74. The summed E-state index contributed by atoms with van der Waals surface area (Å²) in [6, 6.07) is 15.5. The first-order valence-electron chi connectivity index (χ1n) is 13.4. The number of nitrogens with zero attached hydrogens (tertiary/aromatic N) is 2. The fraction of sp³-hybridized carbons (Fsp3) is 0.333. The molecule has 1 aliphatic carbocycles. The van der Waals surface area contributed by atoms with Gasteiger partial charge in [0.1, 0.15) is 29.2 Å². The van der Waals surface area contributed by atoms with E-state index in [9.17, 15) is 14.4 Å². The second-order valence-corrected chi connectivity index (χ2v) is 10.1. The molecular weight excluding hydrogens is 526 g/mol. The molecule has 0 bridgehead atoms. The van der Waals surface area contributed by atoms with Crippen molar-refractivity contribution in [1.29, 1.82) is 0 Å². The van der Waals surface area contributed by atoms with E-state index in [1.807, 2.05) is 54.6 Å². The van der Waals surface area contributed by atoms with E-state index in [0.717, 1.165) is 10.9 Å². The number of nitrogens with one attached hydrogen (secondary N) is 2. The number of urea groups is 1. The molecule has 1 aliphatic heterocycles. The van der Waals surface area contributed by atoms with Crippen molar-refractivity contribution in [2.24, 2.45) is 11.8 Å². The van der Waals surface area contributed by atoms with Gasteiger partial charge in [-0.2, -0.15) is 0 Å². The number of nitrogens with two attached hydrogens (primary N) is 1. The van der Waals surface area contributed by atoms with Gasteiger partial charge in [0, 0.05) is 35.4 Å². The molecule has 4 atom stereocenters. The number of amides is 3. The van der Waals surface area contributed by atoms with Gasteiger partial charge >= 0.3 is 12.0 Å². The van der Waals surface area contributed by atoms with Crippen LogP contribution in [0.15, 0.2) is 67.3 Å². The van der Waals surface area contributed by atoms with Crippen LogP contribution >= 0.6 is 0 Å². The van der Waals surface area contributed by atoms with Gasteiger partial charge in [-0.3, -0.25) is 10.2 Å². The van der Waals surface area contributed by atoms with Gasteiger partial charge in [-0.25, -0.2) is 20.4 Å². The first-order chi connectivity index (χ1) is 19.8. The SMILES string of the molecule is C=C[C@@H]1C[C@]1(NC(=O)[C@@H]1C[C@@H](Oc2cc(-c3ccccc3)nc3cc(OC)ccc23)CN1C(=O)NN)C(=O)OCC. The smallest absolute Gasteiger partial charge is 0.332 e. The Labute approximate surface area is 237 Å². The van der Waals surface area contributed by atoms with Crippen molar-refractivity contribution in [2.45, 2.75) is 37.5 Å². The molecule has 1 saturated carbocycles. The molecule has 41 heavy (non-hydrogen) atoms. The molecule has 0 spiro atoms. The van der Waals surface area contributed by atoms with Crippen LogP contribution < -0.4 is 26.1 Å². The minimum atomic E-state index is -1.19. The number of hydrogen-bond acceptors (Lipinski definition) is 8. The average Bonchev–Trinajstić information content (AvgIpc) is 3.55. The predicted molar refractivity (Wildman–Crippen MR) is 152 cm³/mol. The lowest BCUT2D eigenvalue weighted by Gasteiger charge is -2.25. The molecule has 0 unspecified atom stereocenters. The lowest BCUT2D eigenvalue weighted by Crippen LogP contribution is -2.55. The maximum absolute atomic E-state index is 13.5. The zero-order chi connectivity index (χ0) is 29.1. The van der Waals surface area contributed by atoms with Crippen LogP contribution in [0.1, 0.15) is 19.8 Å². The standard InChI is InChI=1S/C30H33N5O6/c1-4-19-16-30(19,28(37)40-5-2)33-27(36)25-14-21(17-35(25)29(38)34-31)41-26-15-23(18-9-7-6-8-10-18)32-24-13-20(39-3)11-12-22(24)26/h4,6-13,15,19,21,25H,1,5,14,16-17,31H2,2-3H3,(H,33,36)(H,34,38)/t19-,21-,25+,30-/m1/s1. The number of ether oxygens (including phenoxy) is 3. The van der Waals surface area contributed by atoms with E-state index in [-0.39, 0.29) is 25.5 Å². The fourth-order valence-electron chi connectivity index (χ4n) is 5.34. The van der Waals surface area contributed by atoms with Crippen molar-refractivity contribution in [3.63, 3.8) is 0 Å². The maximum atomic E-state index is 13.5. The molecule has 3 amide bonds. The number of fused-ring (bicyclic) bond motifs is 1. The van der Waals surface area contributed by atoms with Gasteiger partial charge in [0.25, 0.3) is 0 Å². The number of hydrazine groups is 1. The van der Waals surface area contributed by atoms with Gasteiger partial charge in [0.2, 0.25) is 5.91 Å². The van der Waals surface area contributed by atoms with Crippen LogP contribution in [0, 0.1) is 5.92 Å². The van der Waals surface area contributed by atoms with E-state index in [2.05, 4.69) is 17.3 Å². The van der Waals surface area contributed by atoms with Crippen LogP contribution in [0.2, 0.25) is 0 Å². The summed E-state index contributed by atoms with van der Waals surface area (Å²) in [7, 11) is 1.59. The van der Waals surface area contributed by atoms with Crippen molar-refractivity contribution in [3.05, 3.63) is 67.3 Å². The zero-order valence-electron chi connectivity index (χ0n) is 23.0. The highest BCUT2D eigenvalue weighted by Crippen LogP contribution is 2.46. The molecule has 214 valence electrons. The number of esters is 1. The zero-order valence-corrected chi connectivity index (χ0v) is 23.0. The molecule has 1 saturated heterocycles. The van der Waals surface area contributed by atoms with Crippen molar-refractivity contribution in [1.82, 2.24) is 20.6 Å². The first kappa shape index (κ1) is 27.9. The number of pyridine rings is 1. The highest BCUT2D eigenvalue weighted by Gasteiger charge is 2.62. The number of methoxy groups -OCH3 is 1. The number of benzene rings is 2. The molecule has 2 heterocycles. The van der Waals surface area contributed by atoms with Crippen LogP contribution in [-0.4, -0.2) is 65.7 Å².